The summed E-state index contributed by atoms with van der Waals surface area (Å²) in [5.41, 5.74) is 3.75. The Hall–Kier alpha value is -1.90. The first-order valence-corrected chi connectivity index (χ1v) is 7.52. The molecule has 1 aromatic heterocycles. The maximum atomic E-state index is 7.99. The fourth-order valence-corrected chi connectivity index (χ4v) is 4.43. The van der Waals surface area contributed by atoms with Gasteiger partial charge < -0.3 is 4.90 Å². The molecular weight excluding hydrogens is 246 g/mol. The van der Waals surface area contributed by atoms with Crippen LogP contribution in [0.3, 0.4) is 0 Å². The lowest BCUT2D eigenvalue weighted by molar-refractivity contribution is 0.615. The van der Waals surface area contributed by atoms with Gasteiger partial charge in [-0.2, -0.15) is 0 Å². The highest BCUT2D eigenvalue weighted by molar-refractivity contribution is 6.16. The first-order valence-electron chi connectivity index (χ1n) is 8.02. The van der Waals surface area contributed by atoms with Crippen LogP contribution in [0.25, 0.3) is 10.9 Å². The molecule has 0 radical (unpaired) electrons. The van der Waals surface area contributed by atoms with Crippen LogP contribution in [0.15, 0.2) is 35.4 Å². The lowest BCUT2D eigenvalue weighted by Gasteiger charge is -2.25. The van der Waals surface area contributed by atoms with Crippen LogP contribution in [0.4, 0.5) is 5.69 Å². The van der Waals surface area contributed by atoms with E-state index in [1.165, 1.54) is 48.2 Å². The maximum absolute atomic E-state index is 7.99. The van der Waals surface area contributed by atoms with Crippen LogP contribution in [0, 0.1) is 0 Å². The summed E-state index contributed by atoms with van der Waals surface area (Å²) in [4.78, 5) is 11.9. The minimum absolute atomic E-state index is 0.0980. The van der Waals surface area contributed by atoms with E-state index in [1.54, 1.807) is 0 Å². The molecule has 1 spiro atoms. The second-order valence-electron chi connectivity index (χ2n) is 6.11. The quantitative estimate of drug-likeness (QED) is 0.730. The molecule has 3 heteroatoms. The molecule has 0 N–H and O–H groups in total. The molecule has 100 valence electrons. The van der Waals surface area contributed by atoms with E-state index in [0.717, 1.165) is 18.6 Å². The van der Waals surface area contributed by atoms with Crippen LogP contribution in [-0.4, -0.2) is 23.9 Å². The van der Waals surface area contributed by atoms with Crippen molar-refractivity contribution in [1.29, 1.82) is 0 Å². The van der Waals surface area contributed by atoms with Crippen molar-refractivity contribution in [3.8, 4) is 0 Å². The summed E-state index contributed by atoms with van der Waals surface area (Å²) >= 11 is 0. The Labute approximate surface area is 119 Å². The van der Waals surface area contributed by atoms with Gasteiger partial charge >= 0.3 is 0 Å². The van der Waals surface area contributed by atoms with Gasteiger partial charge in [-0.25, -0.2) is 0 Å². The van der Waals surface area contributed by atoms with Crippen molar-refractivity contribution in [2.24, 2.45) is 4.99 Å². The second-order valence-corrected chi connectivity index (χ2v) is 6.11. The Morgan fingerprint density at radius 2 is 2.15 bits per heavy atom. The lowest BCUT2D eigenvalue weighted by Crippen LogP contribution is -2.35. The van der Waals surface area contributed by atoms with Crippen molar-refractivity contribution in [1.82, 2.24) is 4.98 Å². The summed E-state index contributed by atoms with van der Waals surface area (Å²) in [6.07, 6.45) is 6.95. The standard InChI is InChI=1S/C17H17N3/c1-2-6-13-12(5-1)15-14(11-19-13)20-10-9-18-16(20)17(15)7-3-4-8-17/h1-2,5-6,11H,3-4,7-10H2/i1D. The van der Waals surface area contributed by atoms with Crippen LogP contribution < -0.4 is 4.90 Å². The van der Waals surface area contributed by atoms with Crippen molar-refractivity contribution in [2.75, 3.05) is 18.0 Å². The number of rotatable bonds is 0. The fraction of sp³-hybridized carbons (Fsp3) is 0.412. The Balaban J connectivity index is 1.90. The van der Waals surface area contributed by atoms with Gasteiger partial charge in [0.25, 0.3) is 0 Å². The van der Waals surface area contributed by atoms with Gasteiger partial charge in [0.05, 0.1) is 30.7 Å². The topological polar surface area (TPSA) is 28.5 Å². The van der Waals surface area contributed by atoms with Crippen LogP contribution in [-0.2, 0) is 5.41 Å². The number of hydrogen-bond acceptors (Lipinski definition) is 3. The van der Waals surface area contributed by atoms with E-state index in [1.807, 2.05) is 24.4 Å². The first kappa shape index (κ1) is 9.92. The molecule has 5 rings (SSSR count). The Morgan fingerprint density at radius 3 is 3.05 bits per heavy atom. The van der Waals surface area contributed by atoms with Crippen LogP contribution >= 0.6 is 0 Å². The van der Waals surface area contributed by atoms with Crippen LogP contribution in [0.5, 0.6) is 0 Å². The number of nitrogens with zero attached hydrogens (tertiary/aromatic N) is 3. The molecule has 20 heavy (non-hydrogen) atoms. The number of benzene rings is 1. The average molecular weight is 264 g/mol. The summed E-state index contributed by atoms with van der Waals surface area (Å²) in [7, 11) is 0. The highest BCUT2D eigenvalue weighted by atomic mass is 15.3. The number of pyridine rings is 1. The molecule has 1 fully saturated rings. The van der Waals surface area contributed by atoms with E-state index in [-0.39, 0.29) is 5.41 Å². The number of aromatic nitrogens is 1. The number of aliphatic imine (C=N–C) groups is 1. The van der Waals surface area contributed by atoms with E-state index in [4.69, 9.17) is 6.36 Å². The predicted octanol–water partition coefficient (Wildman–Crippen LogP) is 3.28. The largest absolute Gasteiger partial charge is 0.326 e. The molecule has 2 aliphatic heterocycles. The molecule has 0 atom stereocenters. The molecule has 1 saturated carbocycles. The van der Waals surface area contributed by atoms with Crippen molar-refractivity contribution >= 4 is 22.4 Å². The van der Waals surface area contributed by atoms with Gasteiger partial charge in [0.15, 0.2) is 0 Å². The third kappa shape index (κ3) is 1.13. The monoisotopic (exact) mass is 264 g/mol. The SMILES string of the molecule is [2H]c1ccc2ncc3c(c2c1)C1(CCCC1)C1=NCCN13. The van der Waals surface area contributed by atoms with E-state index in [0.29, 0.717) is 6.04 Å². The van der Waals surface area contributed by atoms with Gasteiger partial charge in [0.2, 0.25) is 0 Å². The van der Waals surface area contributed by atoms with Crippen molar-refractivity contribution < 1.29 is 1.37 Å². The normalized spacial score (nSPS) is 23.1. The number of anilines is 1. The third-order valence-electron chi connectivity index (χ3n) is 5.19. The summed E-state index contributed by atoms with van der Waals surface area (Å²) in [5.74, 6) is 1.28. The fourth-order valence-electron chi connectivity index (χ4n) is 4.43. The van der Waals surface area contributed by atoms with Gasteiger partial charge in [-0.15, -0.1) is 0 Å². The molecule has 2 aromatic rings. The minimum atomic E-state index is 0.0980. The molecule has 1 aliphatic carbocycles. The van der Waals surface area contributed by atoms with Crippen molar-refractivity contribution in [3.05, 3.63) is 36.0 Å². The lowest BCUT2D eigenvalue weighted by atomic mass is 9.78. The van der Waals surface area contributed by atoms with Gasteiger partial charge in [-0.1, -0.05) is 31.0 Å². The molecule has 0 saturated heterocycles. The smallest absolute Gasteiger partial charge is 0.114 e. The molecule has 0 bridgehead atoms. The molecule has 1 aromatic carbocycles. The van der Waals surface area contributed by atoms with E-state index in [2.05, 4.69) is 9.88 Å². The minimum Gasteiger partial charge on any atom is -0.326 e. The predicted molar refractivity (Wildman–Crippen MR) is 81.5 cm³/mol. The molecule has 3 nitrogen and oxygen atoms in total. The summed E-state index contributed by atoms with van der Waals surface area (Å²) < 4.78 is 7.99. The Kier molecular flexibility index (Phi) is 1.78. The molecule has 0 amide bonds. The number of hydrogen-bond donors (Lipinski definition) is 0. The van der Waals surface area contributed by atoms with Crippen LogP contribution in [0.1, 0.15) is 32.6 Å². The van der Waals surface area contributed by atoms with E-state index in [9.17, 15) is 0 Å². The maximum Gasteiger partial charge on any atom is 0.114 e. The summed E-state index contributed by atoms with van der Waals surface area (Å²) in [6, 6.07) is 6.37. The highest BCUT2D eigenvalue weighted by Gasteiger charge is 2.52. The van der Waals surface area contributed by atoms with Crippen molar-refractivity contribution in [3.63, 3.8) is 0 Å². The van der Waals surface area contributed by atoms with Gasteiger partial charge in [-0.3, -0.25) is 9.98 Å². The third-order valence-corrected chi connectivity index (χ3v) is 5.19. The second kappa shape index (κ2) is 3.60. The summed E-state index contributed by atoms with van der Waals surface area (Å²) in [6.45, 7) is 1.89. The zero-order valence-electron chi connectivity index (χ0n) is 12.4. The zero-order chi connectivity index (χ0) is 14.0. The molecule has 0 unspecified atom stereocenters. The zero-order valence-corrected chi connectivity index (χ0v) is 11.4. The molecular formula is C17H17N3. The van der Waals surface area contributed by atoms with E-state index >= 15 is 0 Å². The van der Waals surface area contributed by atoms with E-state index < -0.39 is 0 Å². The van der Waals surface area contributed by atoms with Gasteiger partial charge in [0, 0.05) is 17.5 Å². The highest BCUT2D eigenvalue weighted by Crippen LogP contribution is 2.54. The summed E-state index contributed by atoms with van der Waals surface area (Å²) in [5, 5.41) is 1.17. The van der Waals surface area contributed by atoms with Crippen molar-refractivity contribution in [2.45, 2.75) is 31.1 Å². The average Bonchev–Trinajstić information content (AvgIpc) is 3.19. The number of para-hydroxylation sites is 1. The van der Waals surface area contributed by atoms with Gasteiger partial charge in [0.1, 0.15) is 5.84 Å². The Morgan fingerprint density at radius 1 is 1.25 bits per heavy atom. The van der Waals surface area contributed by atoms with Gasteiger partial charge in [-0.05, 0) is 18.9 Å². The number of fused-ring (bicyclic) bond motifs is 7. The first-order chi connectivity index (χ1) is 10.3. The molecule has 3 heterocycles. The Bertz CT molecular complexity index is 790. The van der Waals surface area contributed by atoms with Crippen LogP contribution in [0.2, 0.25) is 0 Å². The number of amidine groups is 1. The molecule has 3 aliphatic rings.